The Bertz CT molecular complexity index is 751. The molecule has 0 radical (unpaired) electrons. The van der Waals surface area contributed by atoms with Gasteiger partial charge in [0.1, 0.15) is 5.75 Å². The van der Waals surface area contributed by atoms with Gasteiger partial charge in [0.05, 0.1) is 18.9 Å². The monoisotopic (exact) mass is 323 g/mol. The molecule has 2 aromatic carbocycles. The minimum Gasteiger partial charge on any atom is -0.495 e. The number of nitrogens with one attached hydrogen (secondary N) is 1. The van der Waals surface area contributed by atoms with Gasteiger partial charge in [0.2, 0.25) is 0 Å². The molecule has 126 valence electrons. The van der Waals surface area contributed by atoms with E-state index in [0.29, 0.717) is 12.5 Å². The number of hydrogen-bond acceptors (Lipinski definition) is 3. The third-order valence-electron chi connectivity index (χ3n) is 5.00. The summed E-state index contributed by atoms with van der Waals surface area (Å²) in [5.41, 5.74) is 6.29. The summed E-state index contributed by atoms with van der Waals surface area (Å²) in [6, 6.07) is 16.3. The molecule has 0 heterocycles. The van der Waals surface area contributed by atoms with Crippen LogP contribution in [0.4, 0.5) is 5.69 Å². The van der Waals surface area contributed by atoms with Crippen molar-refractivity contribution in [3.8, 4) is 5.75 Å². The second-order valence-electron chi connectivity index (χ2n) is 6.42. The van der Waals surface area contributed by atoms with Crippen LogP contribution in [0.3, 0.4) is 0 Å². The first-order valence-corrected chi connectivity index (χ1v) is 8.43. The van der Waals surface area contributed by atoms with Gasteiger partial charge in [-0.1, -0.05) is 42.0 Å². The number of para-hydroxylation sites is 2. The molecule has 0 fully saturated rings. The van der Waals surface area contributed by atoms with Gasteiger partial charge in [-0.15, -0.1) is 0 Å². The molecule has 1 aliphatic rings. The van der Waals surface area contributed by atoms with E-state index >= 15 is 0 Å². The van der Waals surface area contributed by atoms with Crippen LogP contribution in [0.5, 0.6) is 5.75 Å². The van der Waals surface area contributed by atoms with Crippen LogP contribution in [0.1, 0.15) is 37.3 Å². The number of rotatable bonds is 6. The molecular formula is C21H25NO2. The lowest BCUT2D eigenvalue weighted by molar-refractivity contribution is 0.172. The Hall–Kier alpha value is -2.26. The largest absolute Gasteiger partial charge is 0.495 e. The summed E-state index contributed by atoms with van der Waals surface area (Å²) in [6.07, 6.45) is 0.302. The van der Waals surface area contributed by atoms with Gasteiger partial charge in [0.25, 0.3) is 0 Å². The molecular weight excluding hydrogens is 298 g/mol. The highest BCUT2D eigenvalue weighted by atomic mass is 16.5. The van der Waals surface area contributed by atoms with E-state index in [1.54, 1.807) is 7.11 Å². The number of benzene rings is 2. The van der Waals surface area contributed by atoms with Crippen LogP contribution < -0.4 is 10.1 Å². The molecule has 0 aliphatic heterocycles. The zero-order chi connectivity index (χ0) is 17.1. The molecule has 3 rings (SSSR count). The van der Waals surface area contributed by atoms with Gasteiger partial charge < -0.3 is 15.2 Å². The molecule has 2 aromatic rings. The number of anilines is 1. The predicted molar refractivity (Wildman–Crippen MR) is 99.6 cm³/mol. The van der Waals surface area contributed by atoms with E-state index in [4.69, 9.17) is 4.74 Å². The SMILES string of the molecule is COc1ccccc1NC[C@@H](O)C[C@@H]1C(C)=C(C)c2ccccc21. The predicted octanol–water partition coefficient (Wildman–Crippen LogP) is 4.45. The normalized spacial score (nSPS) is 17.6. The van der Waals surface area contributed by atoms with Gasteiger partial charge in [0.15, 0.2) is 0 Å². The topological polar surface area (TPSA) is 41.5 Å². The summed E-state index contributed by atoms with van der Waals surface area (Å²) in [7, 11) is 1.66. The second kappa shape index (κ2) is 7.10. The Morgan fingerprint density at radius 1 is 1.08 bits per heavy atom. The van der Waals surface area contributed by atoms with Crippen LogP contribution >= 0.6 is 0 Å². The summed E-state index contributed by atoms with van der Waals surface area (Å²) in [6.45, 7) is 4.86. The fraction of sp³-hybridized carbons (Fsp3) is 0.333. The van der Waals surface area contributed by atoms with Crippen molar-refractivity contribution in [1.29, 1.82) is 0 Å². The summed E-state index contributed by atoms with van der Waals surface area (Å²) in [5.74, 6) is 1.10. The molecule has 1 aliphatic carbocycles. The Morgan fingerprint density at radius 3 is 2.58 bits per heavy atom. The lowest BCUT2D eigenvalue weighted by Gasteiger charge is -2.20. The maximum atomic E-state index is 10.5. The number of aliphatic hydroxyl groups is 1. The van der Waals surface area contributed by atoms with E-state index in [0.717, 1.165) is 17.9 Å². The minimum absolute atomic E-state index is 0.302. The molecule has 0 spiro atoms. The van der Waals surface area contributed by atoms with E-state index in [1.165, 1.54) is 22.3 Å². The molecule has 24 heavy (non-hydrogen) atoms. The summed E-state index contributed by atoms with van der Waals surface area (Å²) < 4.78 is 5.34. The van der Waals surface area contributed by atoms with Crippen molar-refractivity contribution in [1.82, 2.24) is 0 Å². The lowest BCUT2D eigenvalue weighted by Crippen LogP contribution is -2.22. The number of allylic oxidation sites excluding steroid dienone is 2. The van der Waals surface area contributed by atoms with Crippen molar-refractivity contribution in [2.45, 2.75) is 32.3 Å². The van der Waals surface area contributed by atoms with E-state index in [2.05, 4.69) is 43.4 Å². The zero-order valence-electron chi connectivity index (χ0n) is 14.5. The molecule has 0 aromatic heterocycles. The Morgan fingerprint density at radius 2 is 1.79 bits per heavy atom. The molecule has 0 saturated heterocycles. The minimum atomic E-state index is -0.422. The first kappa shape index (κ1) is 16.6. The highest BCUT2D eigenvalue weighted by molar-refractivity contribution is 5.76. The van der Waals surface area contributed by atoms with Gasteiger partial charge >= 0.3 is 0 Å². The number of ether oxygens (including phenoxy) is 1. The average molecular weight is 323 g/mol. The van der Waals surface area contributed by atoms with Gasteiger partial charge in [0, 0.05) is 12.5 Å². The number of fused-ring (bicyclic) bond motifs is 1. The van der Waals surface area contributed by atoms with Gasteiger partial charge in [-0.05, 0) is 49.1 Å². The van der Waals surface area contributed by atoms with Crippen LogP contribution in [0.15, 0.2) is 54.1 Å². The summed E-state index contributed by atoms with van der Waals surface area (Å²) in [4.78, 5) is 0. The number of methoxy groups -OCH3 is 1. The first-order chi connectivity index (χ1) is 11.6. The van der Waals surface area contributed by atoms with E-state index in [-0.39, 0.29) is 0 Å². The number of hydrogen-bond donors (Lipinski definition) is 2. The van der Waals surface area contributed by atoms with Gasteiger partial charge in [-0.2, -0.15) is 0 Å². The molecule has 3 heteroatoms. The first-order valence-electron chi connectivity index (χ1n) is 8.43. The van der Waals surface area contributed by atoms with Crippen LogP contribution in [-0.4, -0.2) is 24.9 Å². The van der Waals surface area contributed by atoms with Crippen LogP contribution in [0.25, 0.3) is 5.57 Å². The standard InChI is InChI=1S/C21H25NO2/c1-14-15(2)19(18-9-5-4-8-17(14)18)12-16(23)13-22-20-10-6-7-11-21(20)24-3/h4-11,16,19,22-23H,12-13H2,1-3H3/t16-,19+/m0/s1. The van der Waals surface area contributed by atoms with Crippen molar-refractivity contribution >= 4 is 11.3 Å². The average Bonchev–Trinajstić information content (AvgIpc) is 2.85. The van der Waals surface area contributed by atoms with Crippen LogP contribution in [0.2, 0.25) is 0 Å². The van der Waals surface area contributed by atoms with Gasteiger partial charge in [-0.3, -0.25) is 0 Å². The van der Waals surface area contributed by atoms with Crippen molar-refractivity contribution < 1.29 is 9.84 Å². The fourth-order valence-corrected chi connectivity index (χ4v) is 3.53. The van der Waals surface area contributed by atoms with Crippen molar-refractivity contribution in [3.63, 3.8) is 0 Å². The van der Waals surface area contributed by atoms with Crippen molar-refractivity contribution in [2.75, 3.05) is 19.0 Å². The van der Waals surface area contributed by atoms with Crippen LogP contribution in [0, 0.1) is 0 Å². The molecule has 0 saturated carbocycles. The molecule has 0 amide bonds. The lowest BCUT2D eigenvalue weighted by atomic mass is 9.91. The second-order valence-corrected chi connectivity index (χ2v) is 6.42. The van der Waals surface area contributed by atoms with E-state index in [9.17, 15) is 5.11 Å². The molecule has 0 bridgehead atoms. The fourth-order valence-electron chi connectivity index (χ4n) is 3.53. The smallest absolute Gasteiger partial charge is 0.141 e. The van der Waals surface area contributed by atoms with Crippen molar-refractivity contribution in [2.24, 2.45) is 0 Å². The Labute approximate surface area is 144 Å². The summed E-state index contributed by atoms with van der Waals surface area (Å²) >= 11 is 0. The van der Waals surface area contributed by atoms with Crippen LogP contribution in [-0.2, 0) is 0 Å². The highest BCUT2D eigenvalue weighted by Crippen LogP contribution is 2.43. The molecule has 0 unspecified atom stereocenters. The third-order valence-corrected chi connectivity index (χ3v) is 5.00. The van der Waals surface area contributed by atoms with Crippen molar-refractivity contribution in [3.05, 3.63) is 65.2 Å². The molecule has 2 atom stereocenters. The Balaban J connectivity index is 1.66. The van der Waals surface area contributed by atoms with E-state index in [1.807, 2.05) is 24.3 Å². The molecule has 3 nitrogen and oxygen atoms in total. The van der Waals surface area contributed by atoms with E-state index < -0.39 is 6.10 Å². The third kappa shape index (κ3) is 3.17. The number of aliphatic hydroxyl groups excluding tert-OH is 1. The van der Waals surface area contributed by atoms with Gasteiger partial charge in [-0.25, -0.2) is 0 Å². The highest BCUT2D eigenvalue weighted by Gasteiger charge is 2.27. The molecule has 2 N–H and O–H groups in total. The zero-order valence-corrected chi connectivity index (χ0v) is 14.5. The quantitative estimate of drug-likeness (QED) is 0.825. The maximum Gasteiger partial charge on any atom is 0.141 e. The summed E-state index contributed by atoms with van der Waals surface area (Å²) in [5, 5.41) is 13.8. The maximum absolute atomic E-state index is 10.5. The Kier molecular flexibility index (Phi) is 4.91.